The molecule has 2 heterocycles. The number of carbonyl (C=O) groups is 2. The molecule has 0 aliphatic carbocycles. The second kappa shape index (κ2) is 7.99. The standard InChI is InChI=1S/C22H17N3O7/c1-12-10-17(23-32-12)24-19(14-4-3-5-15(11-14)25(29)30)18(21(27)22(24)28)20(26)13-6-8-16(31-2)9-7-13/h3-11,19,26H,1-2H3/t19-/m0/s1. The first kappa shape index (κ1) is 20.8. The average molecular weight is 435 g/mol. The summed E-state index contributed by atoms with van der Waals surface area (Å²) < 4.78 is 10.2. The maximum Gasteiger partial charge on any atom is 0.301 e. The first-order valence-corrected chi connectivity index (χ1v) is 9.45. The first-order chi connectivity index (χ1) is 15.3. The van der Waals surface area contributed by atoms with Crippen molar-refractivity contribution in [2.75, 3.05) is 12.0 Å². The van der Waals surface area contributed by atoms with Crippen molar-refractivity contribution in [1.82, 2.24) is 5.16 Å². The van der Waals surface area contributed by atoms with Gasteiger partial charge in [0.05, 0.1) is 23.6 Å². The number of nitrogens with zero attached hydrogens (tertiary/aromatic N) is 3. The summed E-state index contributed by atoms with van der Waals surface area (Å²) in [6.45, 7) is 1.62. The Morgan fingerprint density at radius 1 is 1.19 bits per heavy atom. The van der Waals surface area contributed by atoms with Gasteiger partial charge in [-0.25, -0.2) is 0 Å². The number of benzene rings is 2. The van der Waals surface area contributed by atoms with E-state index in [1.807, 2.05) is 0 Å². The topological polar surface area (TPSA) is 136 Å². The Balaban J connectivity index is 1.94. The van der Waals surface area contributed by atoms with E-state index < -0.39 is 28.4 Å². The second-order valence-corrected chi connectivity index (χ2v) is 7.05. The Morgan fingerprint density at radius 3 is 2.50 bits per heavy atom. The summed E-state index contributed by atoms with van der Waals surface area (Å²) in [5.41, 5.74) is 0.0832. The number of non-ortho nitro benzene ring substituents is 1. The molecule has 1 N–H and O–H groups in total. The van der Waals surface area contributed by atoms with Gasteiger partial charge in [0.1, 0.15) is 17.3 Å². The number of aryl methyl sites for hydroxylation is 1. The van der Waals surface area contributed by atoms with Crippen LogP contribution in [0.1, 0.15) is 22.9 Å². The normalized spacial score (nSPS) is 17.6. The van der Waals surface area contributed by atoms with Crippen molar-refractivity contribution in [3.05, 3.63) is 87.2 Å². The highest BCUT2D eigenvalue weighted by atomic mass is 16.6. The van der Waals surface area contributed by atoms with Crippen LogP contribution in [-0.4, -0.2) is 34.0 Å². The summed E-state index contributed by atoms with van der Waals surface area (Å²) in [5.74, 6) is -1.33. The molecule has 1 atom stereocenters. The lowest BCUT2D eigenvalue weighted by Gasteiger charge is -2.22. The number of aromatic nitrogens is 1. The molecule has 2 aromatic carbocycles. The van der Waals surface area contributed by atoms with Crippen LogP contribution in [-0.2, 0) is 9.59 Å². The summed E-state index contributed by atoms with van der Waals surface area (Å²) in [7, 11) is 1.49. The number of hydrogen-bond acceptors (Lipinski definition) is 8. The Kier molecular flexibility index (Phi) is 5.19. The molecule has 1 fully saturated rings. The summed E-state index contributed by atoms with van der Waals surface area (Å²) in [5, 5.41) is 26.1. The van der Waals surface area contributed by atoms with Crippen molar-refractivity contribution in [3.8, 4) is 5.75 Å². The monoisotopic (exact) mass is 435 g/mol. The third kappa shape index (κ3) is 3.47. The van der Waals surface area contributed by atoms with E-state index in [-0.39, 0.29) is 28.2 Å². The number of Topliss-reactive ketones (excluding diaryl/α,β-unsaturated/α-hetero) is 1. The SMILES string of the molecule is COc1ccc(C(O)=C2C(=O)C(=O)N(c3cc(C)on3)[C@H]2c2cccc([N+](=O)[O-])c2)cc1. The van der Waals surface area contributed by atoms with Crippen molar-refractivity contribution in [2.24, 2.45) is 0 Å². The lowest BCUT2D eigenvalue weighted by atomic mass is 9.95. The van der Waals surface area contributed by atoms with Gasteiger partial charge in [0.2, 0.25) is 0 Å². The molecule has 1 aliphatic rings. The highest BCUT2D eigenvalue weighted by molar-refractivity contribution is 6.51. The van der Waals surface area contributed by atoms with Gasteiger partial charge in [-0.1, -0.05) is 17.3 Å². The van der Waals surface area contributed by atoms with E-state index in [0.29, 0.717) is 11.5 Å². The van der Waals surface area contributed by atoms with Gasteiger partial charge in [-0.2, -0.15) is 0 Å². The van der Waals surface area contributed by atoms with E-state index in [1.165, 1.54) is 49.6 Å². The lowest BCUT2D eigenvalue weighted by molar-refractivity contribution is -0.384. The highest BCUT2D eigenvalue weighted by Gasteiger charge is 2.48. The first-order valence-electron chi connectivity index (χ1n) is 9.45. The van der Waals surface area contributed by atoms with Gasteiger partial charge in [-0.3, -0.25) is 24.6 Å². The minimum absolute atomic E-state index is 0.0508. The van der Waals surface area contributed by atoms with Gasteiger partial charge in [-0.05, 0) is 36.8 Å². The lowest BCUT2D eigenvalue weighted by Crippen LogP contribution is -2.29. The van der Waals surface area contributed by atoms with Gasteiger partial charge < -0.3 is 14.4 Å². The molecule has 1 amide bonds. The van der Waals surface area contributed by atoms with Gasteiger partial charge >= 0.3 is 5.91 Å². The Bertz CT molecular complexity index is 1260. The molecule has 0 radical (unpaired) electrons. The molecule has 4 rings (SSSR count). The van der Waals surface area contributed by atoms with Gasteiger partial charge in [0.15, 0.2) is 5.82 Å². The quantitative estimate of drug-likeness (QED) is 0.211. The number of ether oxygens (including phenoxy) is 1. The fraction of sp³-hybridized carbons (Fsp3) is 0.136. The van der Waals surface area contributed by atoms with Crippen LogP contribution in [0.25, 0.3) is 5.76 Å². The molecule has 1 aromatic heterocycles. The van der Waals surface area contributed by atoms with E-state index in [9.17, 15) is 24.8 Å². The molecule has 0 saturated carbocycles. The van der Waals surface area contributed by atoms with Crippen LogP contribution in [0.15, 0.2) is 64.7 Å². The molecule has 10 heteroatoms. The summed E-state index contributed by atoms with van der Waals surface area (Å²) >= 11 is 0. The summed E-state index contributed by atoms with van der Waals surface area (Å²) in [6, 6.07) is 12.1. The van der Waals surface area contributed by atoms with E-state index >= 15 is 0 Å². The van der Waals surface area contributed by atoms with Crippen molar-refractivity contribution in [2.45, 2.75) is 13.0 Å². The number of rotatable bonds is 5. The zero-order valence-corrected chi connectivity index (χ0v) is 17.0. The zero-order chi connectivity index (χ0) is 23.0. The third-order valence-corrected chi connectivity index (χ3v) is 5.07. The molecular weight excluding hydrogens is 418 g/mol. The Hall–Kier alpha value is -4.47. The number of aliphatic hydroxyl groups excluding tert-OH is 1. The van der Waals surface area contributed by atoms with Crippen LogP contribution >= 0.6 is 0 Å². The Morgan fingerprint density at radius 2 is 1.91 bits per heavy atom. The zero-order valence-electron chi connectivity index (χ0n) is 17.0. The molecule has 0 spiro atoms. The number of anilines is 1. The molecule has 0 bridgehead atoms. The number of nitro groups is 1. The summed E-state index contributed by atoms with van der Waals surface area (Å²) in [6.07, 6.45) is 0. The number of carbonyl (C=O) groups excluding carboxylic acids is 2. The van der Waals surface area contributed by atoms with E-state index in [2.05, 4.69) is 5.16 Å². The largest absolute Gasteiger partial charge is 0.507 e. The number of amides is 1. The predicted molar refractivity (Wildman–Crippen MR) is 112 cm³/mol. The fourth-order valence-corrected chi connectivity index (χ4v) is 3.56. The van der Waals surface area contributed by atoms with Gasteiger partial charge in [0.25, 0.3) is 11.5 Å². The molecule has 3 aromatic rings. The average Bonchev–Trinajstić information content (AvgIpc) is 3.34. The molecule has 32 heavy (non-hydrogen) atoms. The van der Waals surface area contributed by atoms with Crippen molar-refractivity contribution < 1.29 is 28.9 Å². The number of nitro benzene ring substituents is 1. The number of hydrogen-bond donors (Lipinski definition) is 1. The van der Waals surface area contributed by atoms with Crippen LogP contribution < -0.4 is 9.64 Å². The van der Waals surface area contributed by atoms with E-state index in [4.69, 9.17) is 9.26 Å². The van der Waals surface area contributed by atoms with Crippen LogP contribution in [0.5, 0.6) is 5.75 Å². The smallest absolute Gasteiger partial charge is 0.301 e. The van der Waals surface area contributed by atoms with Crippen LogP contribution in [0, 0.1) is 17.0 Å². The van der Waals surface area contributed by atoms with Crippen molar-refractivity contribution in [1.29, 1.82) is 0 Å². The van der Waals surface area contributed by atoms with Crippen molar-refractivity contribution >= 4 is 29.0 Å². The highest BCUT2D eigenvalue weighted by Crippen LogP contribution is 2.42. The molecule has 10 nitrogen and oxygen atoms in total. The maximum atomic E-state index is 13.0. The third-order valence-electron chi connectivity index (χ3n) is 5.07. The minimum atomic E-state index is -1.15. The molecule has 1 aliphatic heterocycles. The molecular formula is C22H17N3O7. The van der Waals surface area contributed by atoms with E-state index in [1.54, 1.807) is 19.1 Å². The molecule has 1 saturated heterocycles. The second-order valence-electron chi connectivity index (χ2n) is 7.05. The fourth-order valence-electron chi connectivity index (χ4n) is 3.56. The number of aliphatic hydroxyl groups is 1. The number of methoxy groups -OCH3 is 1. The van der Waals surface area contributed by atoms with Crippen molar-refractivity contribution in [3.63, 3.8) is 0 Å². The van der Waals surface area contributed by atoms with Crippen LogP contribution in [0.2, 0.25) is 0 Å². The maximum absolute atomic E-state index is 13.0. The Labute approximate surface area is 181 Å². The van der Waals surface area contributed by atoms with Crippen LogP contribution in [0.4, 0.5) is 11.5 Å². The molecule has 162 valence electrons. The summed E-state index contributed by atoms with van der Waals surface area (Å²) in [4.78, 5) is 37.8. The molecule has 0 unspecified atom stereocenters. The predicted octanol–water partition coefficient (Wildman–Crippen LogP) is 3.53. The van der Waals surface area contributed by atoms with E-state index in [0.717, 1.165) is 4.90 Å². The number of ketones is 1. The van der Waals surface area contributed by atoms with Crippen LogP contribution in [0.3, 0.4) is 0 Å². The van der Waals surface area contributed by atoms with Gasteiger partial charge in [-0.15, -0.1) is 0 Å². The minimum Gasteiger partial charge on any atom is -0.507 e. The van der Waals surface area contributed by atoms with Gasteiger partial charge in [0, 0.05) is 23.8 Å².